The lowest BCUT2D eigenvalue weighted by Crippen LogP contribution is -2.32. The average molecular weight is 211 g/mol. The van der Waals surface area contributed by atoms with Crippen molar-refractivity contribution in [3.05, 3.63) is 18.2 Å². The fourth-order valence-electron chi connectivity index (χ4n) is 1.53. The number of aliphatic hydroxyl groups is 1. The number of nitrogens with one attached hydrogen (secondary N) is 1. The van der Waals surface area contributed by atoms with Gasteiger partial charge in [-0.1, -0.05) is 13.8 Å². The van der Waals surface area contributed by atoms with Crippen molar-refractivity contribution in [2.24, 2.45) is 0 Å². The van der Waals surface area contributed by atoms with Gasteiger partial charge >= 0.3 is 0 Å². The summed E-state index contributed by atoms with van der Waals surface area (Å²) in [6.07, 6.45) is 5.87. The molecule has 0 radical (unpaired) electrons. The molecule has 4 heteroatoms. The van der Waals surface area contributed by atoms with Gasteiger partial charge in [-0.25, -0.2) is 4.98 Å². The first-order valence-electron chi connectivity index (χ1n) is 5.66. The van der Waals surface area contributed by atoms with Crippen LogP contribution in [0.3, 0.4) is 0 Å². The second kappa shape index (κ2) is 6.58. The summed E-state index contributed by atoms with van der Waals surface area (Å²) in [6.45, 7) is 6.14. The second-order valence-electron chi connectivity index (χ2n) is 3.71. The third-order valence-electron chi connectivity index (χ3n) is 2.53. The first-order chi connectivity index (χ1) is 7.31. The predicted octanol–water partition coefficient (Wildman–Crippen LogP) is 1.15. The number of aliphatic hydroxyl groups excluding tert-OH is 1. The molecule has 1 atom stereocenters. The molecule has 0 spiro atoms. The van der Waals surface area contributed by atoms with Crippen LogP contribution in [0.4, 0.5) is 0 Å². The molecule has 86 valence electrons. The van der Waals surface area contributed by atoms with E-state index in [4.69, 9.17) is 5.11 Å². The van der Waals surface area contributed by atoms with Crippen molar-refractivity contribution in [3.8, 4) is 0 Å². The van der Waals surface area contributed by atoms with Gasteiger partial charge in [-0.05, 0) is 12.8 Å². The van der Waals surface area contributed by atoms with E-state index in [1.54, 1.807) is 0 Å². The van der Waals surface area contributed by atoms with Gasteiger partial charge in [-0.15, -0.1) is 0 Å². The van der Waals surface area contributed by atoms with Crippen LogP contribution in [0.1, 0.15) is 32.5 Å². The van der Waals surface area contributed by atoms with Gasteiger partial charge in [-0.3, -0.25) is 0 Å². The molecule has 0 aliphatic heterocycles. The van der Waals surface area contributed by atoms with Gasteiger partial charge in [-0.2, -0.15) is 0 Å². The third kappa shape index (κ3) is 3.64. The van der Waals surface area contributed by atoms with Crippen LogP contribution in [-0.2, 0) is 13.1 Å². The highest BCUT2D eigenvalue weighted by atomic mass is 16.3. The molecule has 0 aromatic carbocycles. The van der Waals surface area contributed by atoms with E-state index in [2.05, 4.69) is 28.7 Å². The summed E-state index contributed by atoms with van der Waals surface area (Å²) in [7, 11) is 0. The van der Waals surface area contributed by atoms with Crippen LogP contribution >= 0.6 is 0 Å². The van der Waals surface area contributed by atoms with Crippen LogP contribution < -0.4 is 5.32 Å². The zero-order valence-electron chi connectivity index (χ0n) is 9.61. The fraction of sp³-hybridized carbons (Fsp3) is 0.727. The number of hydrogen-bond acceptors (Lipinski definition) is 3. The van der Waals surface area contributed by atoms with Gasteiger partial charge in [0.25, 0.3) is 0 Å². The van der Waals surface area contributed by atoms with Crippen LogP contribution in [0, 0.1) is 0 Å². The van der Waals surface area contributed by atoms with Gasteiger partial charge in [0.15, 0.2) is 0 Å². The minimum absolute atomic E-state index is 0.178. The molecule has 0 unspecified atom stereocenters. The monoisotopic (exact) mass is 211 g/mol. The van der Waals surface area contributed by atoms with E-state index in [1.807, 2.05) is 12.4 Å². The molecule has 0 fully saturated rings. The largest absolute Gasteiger partial charge is 0.395 e. The van der Waals surface area contributed by atoms with Gasteiger partial charge in [0.2, 0.25) is 0 Å². The quantitative estimate of drug-likeness (QED) is 0.711. The Labute approximate surface area is 91.3 Å². The number of aryl methyl sites for hydroxylation is 1. The predicted molar refractivity (Wildman–Crippen MR) is 60.5 cm³/mol. The zero-order valence-corrected chi connectivity index (χ0v) is 9.61. The summed E-state index contributed by atoms with van der Waals surface area (Å²) in [4.78, 5) is 4.29. The van der Waals surface area contributed by atoms with E-state index in [0.717, 1.165) is 31.8 Å². The Kier molecular flexibility index (Phi) is 5.36. The first-order valence-corrected chi connectivity index (χ1v) is 5.66. The van der Waals surface area contributed by atoms with Crippen LogP contribution in [-0.4, -0.2) is 27.3 Å². The molecular formula is C11H21N3O. The third-order valence-corrected chi connectivity index (χ3v) is 2.53. The standard InChI is InChI=1S/C11H21N3O/c1-3-6-14-7-5-12-11(14)8-13-10(4-2)9-15/h5,7,10,13,15H,3-4,6,8-9H2,1-2H3/t10-/m1/s1. The minimum Gasteiger partial charge on any atom is -0.395 e. The van der Waals surface area contributed by atoms with Crippen molar-refractivity contribution >= 4 is 0 Å². The van der Waals surface area contributed by atoms with E-state index < -0.39 is 0 Å². The molecular weight excluding hydrogens is 190 g/mol. The molecule has 0 amide bonds. The molecule has 0 aliphatic carbocycles. The van der Waals surface area contributed by atoms with Crippen molar-refractivity contribution in [1.82, 2.24) is 14.9 Å². The Morgan fingerprint density at radius 1 is 1.53 bits per heavy atom. The first kappa shape index (κ1) is 12.2. The Balaban J connectivity index is 2.45. The van der Waals surface area contributed by atoms with Crippen molar-refractivity contribution in [2.45, 2.75) is 45.8 Å². The van der Waals surface area contributed by atoms with Gasteiger partial charge in [0.05, 0.1) is 13.2 Å². The number of aromatic nitrogens is 2. The van der Waals surface area contributed by atoms with E-state index in [-0.39, 0.29) is 12.6 Å². The van der Waals surface area contributed by atoms with Gasteiger partial charge < -0.3 is 15.0 Å². The van der Waals surface area contributed by atoms with Crippen molar-refractivity contribution in [2.75, 3.05) is 6.61 Å². The lowest BCUT2D eigenvalue weighted by Gasteiger charge is -2.14. The minimum atomic E-state index is 0.178. The summed E-state index contributed by atoms with van der Waals surface area (Å²) >= 11 is 0. The smallest absolute Gasteiger partial charge is 0.122 e. The summed E-state index contributed by atoms with van der Waals surface area (Å²) in [5, 5.41) is 12.3. The summed E-state index contributed by atoms with van der Waals surface area (Å²) in [5.74, 6) is 1.05. The second-order valence-corrected chi connectivity index (χ2v) is 3.71. The SMILES string of the molecule is CCCn1ccnc1CN[C@H](CC)CO. The molecule has 4 nitrogen and oxygen atoms in total. The number of rotatable bonds is 7. The van der Waals surface area contributed by atoms with Crippen molar-refractivity contribution < 1.29 is 5.11 Å². The highest BCUT2D eigenvalue weighted by Gasteiger charge is 2.06. The molecule has 2 N–H and O–H groups in total. The van der Waals surface area contributed by atoms with Gasteiger partial charge in [0.1, 0.15) is 5.82 Å². The molecule has 1 rings (SSSR count). The lowest BCUT2D eigenvalue weighted by molar-refractivity contribution is 0.237. The normalized spacial score (nSPS) is 13.0. The van der Waals surface area contributed by atoms with Crippen LogP contribution in [0.15, 0.2) is 12.4 Å². The Hall–Kier alpha value is -0.870. The average Bonchev–Trinajstić information content (AvgIpc) is 2.68. The molecule has 0 aliphatic rings. The van der Waals surface area contributed by atoms with Crippen molar-refractivity contribution in [1.29, 1.82) is 0 Å². The van der Waals surface area contributed by atoms with Crippen LogP contribution in [0.2, 0.25) is 0 Å². The topological polar surface area (TPSA) is 50.1 Å². The molecule has 0 saturated heterocycles. The molecule has 0 bridgehead atoms. The maximum atomic E-state index is 9.04. The van der Waals surface area contributed by atoms with E-state index >= 15 is 0 Å². The summed E-state index contributed by atoms with van der Waals surface area (Å²) in [5.41, 5.74) is 0. The molecule has 0 saturated carbocycles. The van der Waals surface area contributed by atoms with E-state index in [0.29, 0.717) is 0 Å². The van der Waals surface area contributed by atoms with E-state index in [1.165, 1.54) is 0 Å². The summed E-state index contributed by atoms with van der Waals surface area (Å²) in [6, 6.07) is 0.178. The van der Waals surface area contributed by atoms with Crippen LogP contribution in [0.5, 0.6) is 0 Å². The van der Waals surface area contributed by atoms with E-state index in [9.17, 15) is 0 Å². The fourth-order valence-corrected chi connectivity index (χ4v) is 1.53. The Morgan fingerprint density at radius 3 is 2.93 bits per heavy atom. The zero-order chi connectivity index (χ0) is 11.1. The maximum Gasteiger partial charge on any atom is 0.122 e. The Morgan fingerprint density at radius 2 is 2.33 bits per heavy atom. The van der Waals surface area contributed by atoms with Crippen LogP contribution in [0.25, 0.3) is 0 Å². The number of nitrogens with zero attached hydrogens (tertiary/aromatic N) is 2. The molecule has 1 heterocycles. The number of hydrogen-bond donors (Lipinski definition) is 2. The van der Waals surface area contributed by atoms with Gasteiger partial charge in [0, 0.05) is 25.0 Å². The highest BCUT2D eigenvalue weighted by Crippen LogP contribution is 2.00. The highest BCUT2D eigenvalue weighted by molar-refractivity contribution is 4.92. The molecule has 1 aromatic rings. The number of imidazole rings is 1. The maximum absolute atomic E-state index is 9.04. The lowest BCUT2D eigenvalue weighted by atomic mass is 10.2. The molecule has 1 aromatic heterocycles. The molecule has 15 heavy (non-hydrogen) atoms. The Bertz CT molecular complexity index is 269. The van der Waals surface area contributed by atoms with Crippen molar-refractivity contribution in [3.63, 3.8) is 0 Å². The summed E-state index contributed by atoms with van der Waals surface area (Å²) < 4.78 is 2.15.